The lowest BCUT2D eigenvalue weighted by molar-refractivity contribution is 0.178. The highest BCUT2D eigenvalue weighted by atomic mass is 16.2. The van der Waals surface area contributed by atoms with Crippen LogP contribution in [0.15, 0.2) is 30.7 Å². The Balaban J connectivity index is 1.65. The van der Waals surface area contributed by atoms with Gasteiger partial charge >= 0.3 is 6.03 Å². The number of urea groups is 1. The second kappa shape index (κ2) is 6.94. The molecule has 2 N–H and O–H groups in total. The molecule has 3 aromatic rings. The van der Waals surface area contributed by atoms with E-state index in [0.29, 0.717) is 18.4 Å². The van der Waals surface area contributed by atoms with Crippen molar-refractivity contribution in [2.45, 2.75) is 32.6 Å². The Morgan fingerprint density at radius 2 is 2.27 bits per heavy atom. The molecule has 0 aromatic carbocycles. The molecule has 1 aliphatic heterocycles. The van der Waals surface area contributed by atoms with Gasteiger partial charge in [-0.3, -0.25) is 0 Å². The third-order valence-electron chi connectivity index (χ3n) is 5.13. The molecule has 1 atom stereocenters. The van der Waals surface area contributed by atoms with Gasteiger partial charge in [0.25, 0.3) is 0 Å². The van der Waals surface area contributed by atoms with Crippen LogP contribution in [0.4, 0.5) is 4.79 Å². The van der Waals surface area contributed by atoms with E-state index in [4.69, 9.17) is 0 Å². The van der Waals surface area contributed by atoms with Gasteiger partial charge in [-0.15, -0.1) is 0 Å². The molecule has 26 heavy (non-hydrogen) atoms. The van der Waals surface area contributed by atoms with Gasteiger partial charge < -0.3 is 15.2 Å². The van der Waals surface area contributed by atoms with Crippen molar-refractivity contribution in [3.8, 4) is 0 Å². The van der Waals surface area contributed by atoms with Crippen LogP contribution >= 0.6 is 0 Å². The average molecular weight is 351 g/mol. The number of carbonyl (C=O) groups excluding carboxylic acids is 1. The summed E-state index contributed by atoms with van der Waals surface area (Å²) in [4.78, 5) is 26.5. The van der Waals surface area contributed by atoms with Gasteiger partial charge in [0, 0.05) is 48.7 Å². The van der Waals surface area contributed by atoms with E-state index in [2.05, 4.69) is 40.2 Å². The van der Waals surface area contributed by atoms with Crippen molar-refractivity contribution in [2.24, 2.45) is 5.92 Å². The van der Waals surface area contributed by atoms with E-state index < -0.39 is 0 Å². The molecule has 2 amide bonds. The number of hydrogen-bond donors (Lipinski definition) is 2. The van der Waals surface area contributed by atoms with Crippen molar-refractivity contribution >= 4 is 28.0 Å². The van der Waals surface area contributed by atoms with E-state index in [1.54, 1.807) is 6.20 Å². The predicted octanol–water partition coefficient (Wildman–Crippen LogP) is 3.66. The molecule has 0 aliphatic carbocycles. The highest BCUT2D eigenvalue weighted by molar-refractivity contribution is 6.05. The molecule has 1 aliphatic rings. The van der Waals surface area contributed by atoms with Crippen molar-refractivity contribution in [3.05, 3.63) is 36.3 Å². The molecule has 6 heteroatoms. The first kappa shape index (κ1) is 16.8. The lowest BCUT2D eigenvalue weighted by Crippen LogP contribution is -2.45. The standard InChI is InChI=1S/C20H25N5O/c1-13(2)10-24-20(26)25-9-3-4-14(12-25)15-5-7-21-17-11-23-19-16(18(15)17)6-8-22-19/h5-8,11,13-14,21H,3-4,9-10,12H2,1-2H3,(H,24,26). The fourth-order valence-electron chi connectivity index (χ4n) is 3.84. The zero-order valence-electron chi connectivity index (χ0n) is 15.3. The van der Waals surface area contributed by atoms with Gasteiger partial charge in [0.05, 0.1) is 11.7 Å². The summed E-state index contributed by atoms with van der Waals surface area (Å²) in [5.74, 6) is 0.782. The van der Waals surface area contributed by atoms with Gasteiger partial charge in [-0.1, -0.05) is 13.8 Å². The monoisotopic (exact) mass is 351 g/mol. The fraction of sp³-hybridized carbons (Fsp3) is 0.450. The zero-order valence-corrected chi connectivity index (χ0v) is 15.3. The van der Waals surface area contributed by atoms with Gasteiger partial charge in [-0.2, -0.15) is 0 Å². The number of piperidine rings is 1. The summed E-state index contributed by atoms with van der Waals surface area (Å²) in [6, 6.07) is 4.23. The maximum Gasteiger partial charge on any atom is 0.317 e. The lowest BCUT2D eigenvalue weighted by atomic mass is 9.88. The molecule has 6 nitrogen and oxygen atoms in total. The fourth-order valence-corrected chi connectivity index (χ4v) is 3.84. The average Bonchev–Trinajstić information content (AvgIpc) is 3.14. The third kappa shape index (κ3) is 3.11. The van der Waals surface area contributed by atoms with E-state index in [9.17, 15) is 4.79 Å². The zero-order chi connectivity index (χ0) is 18.1. The van der Waals surface area contributed by atoms with Crippen molar-refractivity contribution in [1.29, 1.82) is 0 Å². The first-order valence-corrected chi connectivity index (χ1v) is 9.37. The minimum atomic E-state index is 0.0528. The predicted molar refractivity (Wildman–Crippen MR) is 103 cm³/mol. The summed E-state index contributed by atoms with van der Waals surface area (Å²) in [6.07, 6.45) is 7.74. The van der Waals surface area contributed by atoms with E-state index in [1.807, 2.05) is 23.4 Å². The van der Waals surface area contributed by atoms with Crippen LogP contribution in [0, 0.1) is 5.92 Å². The molecule has 3 aromatic heterocycles. The summed E-state index contributed by atoms with van der Waals surface area (Å²) in [5.41, 5.74) is 3.07. The Kier molecular flexibility index (Phi) is 4.49. The Morgan fingerprint density at radius 1 is 1.38 bits per heavy atom. The molecule has 1 saturated heterocycles. The van der Waals surface area contributed by atoms with Gasteiger partial charge in [-0.05, 0) is 36.5 Å². The normalized spacial score (nSPS) is 18.0. The number of hydrogen-bond acceptors (Lipinski definition) is 3. The van der Waals surface area contributed by atoms with Crippen LogP contribution in [0.3, 0.4) is 0 Å². The summed E-state index contributed by atoms with van der Waals surface area (Å²) in [7, 11) is 0. The summed E-state index contributed by atoms with van der Waals surface area (Å²) in [5, 5.41) is 5.31. The minimum absolute atomic E-state index is 0.0528. The number of aromatic amines is 1. The molecule has 0 bridgehead atoms. The number of aromatic nitrogens is 3. The smallest absolute Gasteiger partial charge is 0.317 e. The number of nitrogens with zero attached hydrogens (tertiary/aromatic N) is 3. The molecular formula is C20H25N5O. The van der Waals surface area contributed by atoms with E-state index in [-0.39, 0.29) is 6.03 Å². The Morgan fingerprint density at radius 3 is 3.12 bits per heavy atom. The van der Waals surface area contributed by atoms with Crippen LogP contribution in [0.5, 0.6) is 0 Å². The molecule has 0 saturated carbocycles. The summed E-state index contributed by atoms with van der Waals surface area (Å²) >= 11 is 0. The SMILES string of the molecule is CC(C)CNC(=O)N1CCCC(c2cc[nH]c3cnc4nccc4c23)C1. The second-order valence-electron chi connectivity index (χ2n) is 7.53. The van der Waals surface area contributed by atoms with Crippen molar-refractivity contribution < 1.29 is 4.79 Å². The molecule has 1 fully saturated rings. The topological polar surface area (TPSA) is 73.9 Å². The molecular weight excluding hydrogens is 326 g/mol. The van der Waals surface area contributed by atoms with Gasteiger partial charge in [-0.25, -0.2) is 14.8 Å². The Bertz CT molecular complexity index is 932. The highest BCUT2D eigenvalue weighted by Gasteiger charge is 2.26. The first-order chi connectivity index (χ1) is 12.6. The van der Waals surface area contributed by atoms with Crippen molar-refractivity contribution in [1.82, 2.24) is 25.2 Å². The largest absolute Gasteiger partial charge is 0.360 e. The summed E-state index contributed by atoms with van der Waals surface area (Å²) < 4.78 is 0. The quantitative estimate of drug-likeness (QED) is 0.756. The number of amides is 2. The Hall–Kier alpha value is -2.63. The number of likely N-dealkylation sites (tertiary alicyclic amines) is 1. The maximum absolute atomic E-state index is 12.5. The molecule has 136 valence electrons. The molecule has 1 unspecified atom stereocenters. The van der Waals surface area contributed by atoms with Crippen LogP contribution in [0.25, 0.3) is 21.9 Å². The summed E-state index contributed by atoms with van der Waals surface area (Å²) in [6.45, 7) is 6.51. The number of rotatable bonds is 3. The van der Waals surface area contributed by atoms with Crippen molar-refractivity contribution in [2.75, 3.05) is 19.6 Å². The number of pyridine rings is 2. The third-order valence-corrected chi connectivity index (χ3v) is 5.13. The van der Waals surface area contributed by atoms with Gasteiger partial charge in [0.2, 0.25) is 0 Å². The van der Waals surface area contributed by atoms with E-state index >= 15 is 0 Å². The molecule has 4 rings (SSSR count). The minimum Gasteiger partial charge on any atom is -0.360 e. The first-order valence-electron chi connectivity index (χ1n) is 9.37. The number of fused-ring (bicyclic) bond motifs is 3. The van der Waals surface area contributed by atoms with Crippen LogP contribution in [-0.2, 0) is 0 Å². The maximum atomic E-state index is 12.5. The Labute approximate surface area is 153 Å². The van der Waals surface area contributed by atoms with Crippen LogP contribution in [0.2, 0.25) is 0 Å². The molecule has 0 spiro atoms. The molecule has 4 heterocycles. The molecule has 0 radical (unpaired) electrons. The van der Waals surface area contributed by atoms with Crippen LogP contribution < -0.4 is 5.32 Å². The highest BCUT2D eigenvalue weighted by Crippen LogP contribution is 2.34. The van der Waals surface area contributed by atoms with E-state index in [1.165, 1.54) is 10.9 Å². The number of H-pyrrole nitrogens is 1. The van der Waals surface area contributed by atoms with Gasteiger partial charge in [0.1, 0.15) is 0 Å². The van der Waals surface area contributed by atoms with Gasteiger partial charge in [0.15, 0.2) is 5.65 Å². The number of carbonyl (C=O) groups is 1. The lowest BCUT2D eigenvalue weighted by Gasteiger charge is -2.33. The van der Waals surface area contributed by atoms with Crippen LogP contribution in [0.1, 0.15) is 38.2 Å². The second-order valence-corrected chi connectivity index (χ2v) is 7.53. The van der Waals surface area contributed by atoms with Crippen LogP contribution in [-0.4, -0.2) is 45.5 Å². The van der Waals surface area contributed by atoms with E-state index in [0.717, 1.165) is 42.5 Å². The van der Waals surface area contributed by atoms with Crippen molar-refractivity contribution in [3.63, 3.8) is 0 Å². The number of nitrogens with one attached hydrogen (secondary N) is 2.